The zero-order chi connectivity index (χ0) is 59.2. The minimum atomic E-state index is -0.452. The molecular weight excluding hydrogens is 1080 g/mol. The van der Waals surface area contributed by atoms with E-state index >= 15 is 0 Å². The van der Waals surface area contributed by atoms with Crippen LogP contribution in [0.25, 0.3) is 117 Å². The normalized spacial score (nSPS) is 17.7. The molecule has 0 saturated carbocycles. The van der Waals surface area contributed by atoms with Crippen LogP contribution in [0.15, 0.2) is 302 Å². The molecule has 4 atom stereocenters. The molecule has 6 aromatic heterocycles. The van der Waals surface area contributed by atoms with Crippen LogP contribution in [-0.2, 0) is 5.41 Å². The summed E-state index contributed by atoms with van der Waals surface area (Å²) < 4.78 is 9.25. The highest BCUT2D eigenvalue weighted by Crippen LogP contribution is 2.55. The molecule has 0 saturated heterocycles. The van der Waals surface area contributed by atoms with Crippen LogP contribution in [-0.4, -0.2) is 30.5 Å². The monoisotopic (exact) mass is 1140 g/mol. The molecule has 14 aromatic rings. The Balaban J connectivity index is 0.820. The van der Waals surface area contributed by atoms with E-state index in [9.17, 15) is 0 Å². The molecule has 0 bridgehead atoms. The van der Waals surface area contributed by atoms with Gasteiger partial charge in [0.05, 0.1) is 39.9 Å². The Morgan fingerprint density at radius 2 is 0.955 bits per heavy atom. The number of hydrogen-bond acceptors (Lipinski definition) is 6. The van der Waals surface area contributed by atoms with Crippen LogP contribution < -0.4 is 4.90 Å². The Bertz CT molecular complexity index is 5250. The van der Waals surface area contributed by atoms with E-state index in [4.69, 9.17) is 24.4 Å². The fourth-order valence-electron chi connectivity index (χ4n) is 14.7. The van der Waals surface area contributed by atoms with E-state index in [1.807, 2.05) is 49.1 Å². The van der Waals surface area contributed by atoms with E-state index < -0.39 is 5.41 Å². The van der Waals surface area contributed by atoms with Gasteiger partial charge in [-0.2, -0.15) is 0 Å². The van der Waals surface area contributed by atoms with Crippen LogP contribution in [0.2, 0.25) is 0 Å². The van der Waals surface area contributed by atoms with Crippen molar-refractivity contribution < 1.29 is 4.42 Å². The Morgan fingerprint density at radius 1 is 0.438 bits per heavy atom. The maximum absolute atomic E-state index is 6.81. The number of benzene rings is 8. The van der Waals surface area contributed by atoms with Gasteiger partial charge in [0.25, 0.3) is 0 Å². The van der Waals surface area contributed by atoms with Crippen LogP contribution >= 0.6 is 0 Å². The summed E-state index contributed by atoms with van der Waals surface area (Å²) in [5.74, 6) is 0.370. The number of hydrogen-bond donors (Lipinski definition) is 0. The zero-order valence-electron chi connectivity index (χ0n) is 49.1. The maximum atomic E-state index is 6.81. The number of pyridine rings is 4. The van der Waals surface area contributed by atoms with Crippen LogP contribution in [0.4, 0.5) is 11.4 Å². The molecule has 0 N–H and O–H groups in total. The SMILES string of the molecule is CC1C=CC=C(c2ccccn2)C1c1ccc2c(c1)c1cc(-c3ccccc3-c3ccccn3)ccc1n2-c1ccc2oc3ccc(N4c5ccc(-c6ccccc6-c6ccccn6)cc5C5(C)C=C(c6ccccc6-c6ccccn6)C=CC45)cc3c2c1. The predicted molar refractivity (Wildman–Crippen MR) is 365 cm³/mol. The lowest BCUT2D eigenvalue weighted by Crippen LogP contribution is -2.39. The van der Waals surface area contributed by atoms with Gasteiger partial charge in [-0.25, -0.2) is 0 Å². The van der Waals surface area contributed by atoms with Gasteiger partial charge in [-0.15, -0.1) is 0 Å². The summed E-state index contributed by atoms with van der Waals surface area (Å²) in [6.45, 7) is 4.73. The first-order valence-electron chi connectivity index (χ1n) is 30.6. The number of nitrogens with zero attached hydrogens (tertiary/aromatic N) is 6. The Hall–Kier alpha value is -11.3. The average Bonchev–Trinajstić information content (AvgIpc) is 1.59. The molecule has 7 heterocycles. The second-order valence-electron chi connectivity index (χ2n) is 23.9. The highest BCUT2D eigenvalue weighted by atomic mass is 16.3. The largest absolute Gasteiger partial charge is 0.456 e. The molecule has 0 amide bonds. The van der Waals surface area contributed by atoms with Crippen molar-refractivity contribution in [2.75, 3.05) is 4.90 Å². The Morgan fingerprint density at radius 3 is 1.57 bits per heavy atom. The Kier molecular flexibility index (Phi) is 12.3. The second-order valence-corrected chi connectivity index (χ2v) is 23.9. The van der Waals surface area contributed by atoms with Gasteiger partial charge in [0, 0.05) is 91.4 Å². The fraction of sp³-hybridized carbons (Fsp3) is 0.0732. The highest BCUT2D eigenvalue weighted by Gasteiger charge is 2.48. The first-order valence-corrected chi connectivity index (χ1v) is 30.6. The van der Waals surface area contributed by atoms with Gasteiger partial charge in [-0.3, -0.25) is 19.9 Å². The van der Waals surface area contributed by atoms with Crippen molar-refractivity contribution in [2.24, 2.45) is 5.92 Å². The first kappa shape index (κ1) is 52.1. The van der Waals surface area contributed by atoms with Gasteiger partial charge in [0.1, 0.15) is 11.2 Å². The molecule has 17 rings (SSSR count). The van der Waals surface area contributed by atoms with E-state index in [0.717, 1.165) is 117 Å². The number of fused-ring (bicyclic) bond motifs is 9. The molecule has 0 radical (unpaired) electrons. The highest BCUT2D eigenvalue weighted by molar-refractivity contribution is 6.13. The van der Waals surface area contributed by atoms with Crippen molar-refractivity contribution in [1.82, 2.24) is 24.5 Å². The molecule has 2 aliphatic carbocycles. The number of aromatic nitrogens is 5. The third-order valence-corrected chi connectivity index (χ3v) is 18.8. The molecule has 3 aliphatic rings. The summed E-state index contributed by atoms with van der Waals surface area (Å²) in [5.41, 5.74) is 24.5. The smallest absolute Gasteiger partial charge is 0.135 e. The summed E-state index contributed by atoms with van der Waals surface area (Å²) in [5, 5.41) is 4.47. The molecule has 0 fully saturated rings. The van der Waals surface area contributed by atoms with Gasteiger partial charge in [-0.1, -0.05) is 159 Å². The van der Waals surface area contributed by atoms with E-state index in [1.54, 1.807) is 0 Å². The van der Waals surface area contributed by atoms with Crippen molar-refractivity contribution in [1.29, 1.82) is 0 Å². The molecule has 4 unspecified atom stereocenters. The van der Waals surface area contributed by atoms with Gasteiger partial charge in [-0.05, 0) is 184 Å². The molecule has 0 spiro atoms. The molecule has 89 heavy (non-hydrogen) atoms. The third-order valence-electron chi connectivity index (χ3n) is 18.8. The second kappa shape index (κ2) is 21.0. The van der Waals surface area contributed by atoms with E-state index in [0.29, 0.717) is 0 Å². The summed E-state index contributed by atoms with van der Waals surface area (Å²) in [6.07, 6.45) is 21.5. The minimum Gasteiger partial charge on any atom is -0.456 e. The van der Waals surface area contributed by atoms with E-state index in [2.05, 4.69) is 272 Å². The number of anilines is 2. The number of allylic oxidation sites excluding steroid dienone is 6. The molecule has 1 aliphatic heterocycles. The van der Waals surface area contributed by atoms with Crippen molar-refractivity contribution in [3.8, 4) is 61.7 Å². The van der Waals surface area contributed by atoms with Crippen LogP contribution in [0.1, 0.15) is 42.1 Å². The van der Waals surface area contributed by atoms with Crippen LogP contribution in [0.5, 0.6) is 0 Å². The molecule has 7 nitrogen and oxygen atoms in total. The topological polar surface area (TPSA) is 72.9 Å². The van der Waals surface area contributed by atoms with Crippen molar-refractivity contribution >= 4 is 66.3 Å². The minimum absolute atomic E-state index is 0.0535. The van der Waals surface area contributed by atoms with Crippen molar-refractivity contribution in [2.45, 2.75) is 31.2 Å². The fourth-order valence-corrected chi connectivity index (χ4v) is 14.7. The van der Waals surface area contributed by atoms with Crippen molar-refractivity contribution in [3.05, 3.63) is 320 Å². The zero-order valence-corrected chi connectivity index (χ0v) is 49.1. The standard InChI is InChI=1S/C82H58N6O/c1-52-18-17-25-65(74-29-12-16-45-86-74)81(52)55-32-37-76-67(47-55)66-46-53(59-19-3-6-22-62(59)71-26-9-13-42-83-71)30-36-75(66)87(76)57-34-39-78-68(49-57)69-50-58(35-40-79(69)89-78)88-77-38-31-54(60-20-4-7-23-63(60)72-27-10-14-43-84-72)48-70(77)82(2)51-56(33-41-80(82)88)61-21-5-8-24-64(61)73-28-11-15-44-85-73/h3-52,80-81H,1-2H3. The predicted octanol–water partition coefficient (Wildman–Crippen LogP) is 20.4. The van der Waals surface area contributed by atoms with Crippen LogP contribution in [0, 0.1) is 5.92 Å². The summed E-state index contributed by atoms with van der Waals surface area (Å²) >= 11 is 0. The third kappa shape index (κ3) is 8.64. The molecule has 8 aromatic carbocycles. The number of rotatable bonds is 10. The number of furan rings is 1. The summed E-state index contributed by atoms with van der Waals surface area (Å²) in [4.78, 5) is 21.9. The van der Waals surface area contributed by atoms with E-state index in [-0.39, 0.29) is 17.9 Å². The quantitative estimate of drug-likeness (QED) is 0.136. The van der Waals surface area contributed by atoms with Crippen LogP contribution in [0.3, 0.4) is 0 Å². The lowest BCUT2D eigenvalue weighted by atomic mass is 9.72. The summed E-state index contributed by atoms with van der Waals surface area (Å²) in [7, 11) is 0. The van der Waals surface area contributed by atoms with Gasteiger partial charge in [0.15, 0.2) is 0 Å². The Labute approximate surface area is 516 Å². The molecular formula is C82H58N6O. The molecule has 422 valence electrons. The lowest BCUT2D eigenvalue weighted by Gasteiger charge is -2.36. The van der Waals surface area contributed by atoms with E-state index in [1.165, 1.54) is 33.0 Å². The average molecular weight is 1140 g/mol. The first-order chi connectivity index (χ1) is 43.9. The van der Waals surface area contributed by atoms with Gasteiger partial charge < -0.3 is 13.9 Å². The molecule has 7 heteroatoms. The lowest BCUT2D eigenvalue weighted by molar-refractivity contribution is 0.553. The van der Waals surface area contributed by atoms with Gasteiger partial charge in [0.2, 0.25) is 0 Å². The maximum Gasteiger partial charge on any atom is 0.135 e. The van der Waals surface area contributed by atoms with Gasteiger partial charge >= 0.3 is 0 Å². The van der Waals surface area contributed by atoms with Crippen molar-refractivity contribution in [3.63, 3.8) is 0 Å². The summed E-state index contributed by atoms with van der Waals surface area (Å²) in [6, 6.07) is 85.0.